The number of amides is 1. The monoisotopic (exact) mass is 378 g/mol. The zero-order valence-electron chi connectivity index (χ0n) is 13.0. The minimum Gasteiger partial charge on any atom is -0.449 e. The smallest absolute Gasteiger partial charge is 0.340 e. The minimum atomic E-state index is -0.957. The molecular formula is C17H19BrN2O3. The number of halogens is 1. The Balaban J connectivity index is 1.99. The summed E-state index contributed by atoms with van der Waals surface area (Å²) in [6.07, 6.45) is 3.23. The summed E-state index contributed by atoms with van der Waals surface area (Å²) in [5.74, 6) is -1.01. The molecule has 6 heteroatoms. The van der Waals surface area contributed by atoms with Gasteiger partial charge in [0.25, 0.3) is 5.91 Å². The Morgan fingerprint density at radius 1 is 1.30 bits per heavy atom. The summed E-state index contributed by atoms with van der Waals surface area (Å²) in [5.41, 5.74) is -0.469. The Hall–Kier alpha value is -1.87. The van der Waals surface area contributed by atoms with Gasteiger partial charge in [-0.25, -0.2) is 4.79 Å². The number of nitriles is 1. The van der Waals surface area contributed by atoms with Gasteiger partial charge in [-0.15, -0.1) is 0 Å². The van der Waals surface area contributed by atoms with Crippen LogP contribution in [0.25, 0.3) is 0 Å². The van der Waals surface area contributed by atoms with Crippen LogP contribution in [0.2, 0.25) is 0 Å². The van der Waals surface area contributed by atoms with Crippen molar-refractivity contribution in [3.05, 3.63) is 34.3 Å². The second kappa shape index (κ2) is 7.60. The fourth-order valence-corrected chi connectivity index (χ4v) is 3.11. The fraction of sp³-hybridized carbons (Fsp3) is 0.471. The third-order valence-electron chi connectivity index (χ3n) is 4.03. The van der Waals surface area contributed by atoms with E-state index in [1.807, 2.05) is 0 Å². The van der Waals surface area contributed by atoms with Gasteiger partial charge in [0.05, 0.1) is 11.6 Å². The Morgan fingerprint density at radius 2 is 1.96 bits per heavy atom. The third-order valence-corrected chi connectivity index (χ3v) is 4.72. The number of carbonyl (C=O) groups excluding carboxylic acids is 2. The molecule has 0 radical (unpaired) electrons. The van der Waals surface area contributed by atoms with Crippen LogP contribution in [-0.4, -0.2) is 23.5 Å². The zero-order chi connectivity index (χ0) is 16.9. The Labute approximate surface area is 144 Å². The van der Waals surface area contributed by atoms with E-state index in [-0.39, 0.29) is 0 Å². The van der Waals surface area contributed by atoms with E-state index in [1.54, 1.807) is 24.3 Å². The van der Waals surface area contributed by atoms with Gasteiger partial charge in [-0.05, 0) is 47.8 Å². The summed E-state index contributed by atoms with van der Waals surface area (Å²) >= 11 is 3.28. The number of rotatable bonds is 4. The van der Waals surface area contributed by atoms with Crippen LogP contribution in [0.1, 0.15) is 49.4 Å². The minimum absolute atomic E-state index is 0.361. The molecular weight excluding hydrogens is 360 g/mol. The summed E-state index contributed by atoms with van der Waals surface area (Å²) in [5, 5.41) is 12.2. The molecule has 0 aliphatic heterocycles. The maximum Gasteiger partial charge on any atom is 0.340 e. The normalized spacial score (nSPS) is 17.6. The lowest BCUT2D eigenvalue weighted by molar-refractivity contribution is -0.130. The van der Waals surface area contributed by atoms with Crippen molar-refractivity contribution in [2.24, 2.45) is 0 Å². The maximum atomic E-state index is 12.3. The molecule has 122 valence electrons. The number of benzene rings is 1. The van der Waals surface area contributed by atoms with Gasteiger partial charge in [-0.2, -0.15) is 5.26 Å². The fourth-order valence-electron chi connectivity index (χ4n) is 2.66. The molecule has 2 rings (SSSR count). The van der Waals surface area contributed by atoms with Gasteiger partial charge in [-0.1, -0.05) is 31.4 Å². The van der Waals surface area contributed by atoms with Gasteiger partial charge in [0.2, 0.25) is 0 Å². The second-order valence-corrected chi connectivity index (χ2v) is 6.63. The molecule has 0 spiro atoms. The first-order chi connectivity index (χ1) is 11.0. The first-order valence-corrected chi connectivity index (χ1v) is 8.45. The van der Waals surface area contributed by atoms with Crippen LogP contribution in [-0.2, 0) is 9.53 Å². The highest BCUT2D eigenvalue weighted by molar-refractivity contribution is 9.10. The van der Waals surface area contributed by atoms with Crippen LogP contribution in [0, 0.1) is 11.3 Å². The summed E-state index contributed by atoms with van der Waals surface area (Å²) in [6, 6.07) is 9.08. The van der Waals surface area contributed by atoms with Crippen molar-refractivity contribution in [3.63, 3.8) is 0 Å². The molecule has 0 bridgehead atoms. The van der Waals surface area contributed by atoms with Crippen LogP contribution in [0.3, 0.4) is 0 Å². The highest BCUT2D eigenvalue weighted by atomic mass is 79.9. The highest BCUT2D eigenvalue weighted by Crippen LogP contribution is 2.27. The van der Waals surface area contributed by atoms with E-state index < -0.39 is 23.5 Å². The predicted molar refractivity (Wildman–Crippen MR) is 88.6 cm³/mol. The van der Waals surface area contributed by atoms with Crippen molar-refractivity contribution in [1.29, 1.82) is 5.26 Å². The summed E-state index contributed by atoms with van der Waals surface area (Å²) < 4.78 is 5.83. The van der Waals surface area contributed by atoms with Crippen LogP contribution < -0.4 is 5.32 Å². The lowest BCUT2D eigenvalue weighted by Crippen LogP contribution is -2.52. The molecule has 1 aliphatic carbocycles. The molecule has 0 saturated heterocycles. The second-order valence-electron chi connectivity index (χ2n) is 5.77. The number of esters is 1. The van der Waals surface area contributed by atoms with E-state index in [2.05, 4.69) is 27.3 Å². The highest BCUT2D eigenvalue weighted by Gasteiger charge is 2.35. The molecule has 1 unspecified atom stereocenters. The number of ether oxygens (including phenoxy) is 1. The maximum absolute atomic E-state index is 12.3. The van der Waals surface area contributed by atoms with E-state index in [9.17, 15) is 14.9 Å². The van der Waals surface area contributed by atoms with Crippen molar-refractivity contribution in [2.75, 3.05) is 0 Å². The zero-order valence-corrected chi connectivity index (χ0v) is 14.6. The molecule has 0 heterocycles. The number of carbonyl (C=O) groups is 2. The van der Waals surface area contributed by atoms with E-state index >= 15 is 0 Å². The summed E-state index contributed by atoms with van der Waals surface area (Å²) in [7, 11) is 0. The van der Waals surface area contributed by atoms with Crippen LogP contribution in [0.4, 0.5) is 0 Å². The average Bonchev–Trinajstić information content (AvgIpc) is 2.55. The van der Waals surface area contributed by atoms with Crippen LogP contribution in [0.5, 0.6) is 0 Å². The Morgan fingerprint density at radius 3 is 2.57 bits per heavy atom. The van der Waals surface area contributed by atoms with Gasteiger partial charge in [0.15, 0.2) is 6.10 Å². The van der Waals surface area contributed by atoms with E-state index in [0.717, 1.165) is 19.3 Å². The van der Waals surface area contributed by atoms with Gasteiger partial charge < -0.3 is 10.1 Å². The number of nitrogens with zero attached hydrogens (tertiary/aromatic N) is 1. The van der Waals surface area contributed by atoms with Crippen molar-refractivity contribution in [1.82, 2.24) is 5.32 Å². The van der Waals surface area contributed by atoms with Gasteiger partial charge in [-0.3, -0.25) is 4.79 Å². The molecule has 1 fully saturated rings. The average molecular weight is 379 g/mol. The molecule has 1 N–H and O–H groups in total. The van der Waals surface area contributed by atoms with Crippen molar-refractivity contribution in [2.45, 2.75) is 50.7 Å². The molecule has 1 aromatic rings. The number of nitrogens with one attached hydrogen (secondary N) is 1. The van der Waals surface area contributed by atoms with Crippen molar-refractivity contribution in [3.8, 4) is 6.07 Å². The SMILES string of the molecule is CC(OC(=O)c1ccccc1Br)C(=O)NC1(C#N)CCCCC1. The molecule has 1 aromatic carbocycles. The third kappa shape index (κ3) is 4.32. The van der Waals surface area contributed by atoms with Gasteiger partial charge in [0, 0.05) is 4.47 Å². The predicted octanol–water partition coefficient (Wildman–Crippen LogP) is 3.34. The number of hydrogen-bond donors (Lipinski definition) is 1. The van der Waals surface area contributed by atoms with E-state index in [4.69, 9.17) is 4.74 Å². The molecule has 1 aliphatic rings. The topological polar surface area (TPSA) is 79.2 Å². The quantitative estimate of drug-likeness (QED) is 0.814. The van der Waals surface area contributed by atoms with E-state index in [1.165, 1.54) is 6.92 Å². The van der Waals surface area contributed by atoms with Gasteiger partial charge >= 0.3 is 5.97 Å². The lowest BCUT2D eigenvalue weighted by atomic mass is 9.83. The molecule has 0 aromatic heterocycles. The number of hydrogen-bond acceptors (Lipinski definition) is 4. The first kappa shape index (κ1) is 17.5. The lowest BCUT2D eigenvalue weighted by Gasteiger charge is -2.32. The molecule has 1 amide bonds. The molecule has 23 heavy (non-hydrogen) atoms. The standard InChI is InChI=1S/C17H19BrN2O3/c1-12(23-16(22)13-7-3-4-8-14(13)18)15(21)20-17(11-19)9-5-2-6-10-17/h3-4,7-8,12H,2,5-6,9-10H2,1H3,(H,20,21). The molecule has 5 nitrogen and oxygen atoms in total. The molecule has 1 saturated carbocycles. The van der Waals surface area contributed by atoms with Gasteiger partial charge in [0.1, 0.15) is 5.54 Å². The van der Waals surface area contributed by atoms with Crippen LogP contribution >= 0.6 is 15.9 Å². The van der Waals surface area contributed by atoms with Crippen LogP contribution in [0.15, 0.2) is 28.7 Å². The Bertz CT molecular complexity index is 633. The van der Waals surface area contributed by atoms with E-state index in [0.29, 0.717) is 22.9 Å². The first-order valence-electron chi connectivity index (χ1n) is 7.66. The summed E-state index contributed by atoms with van der Waals surface area (Å²) in [4.78, 5) is 24.4. The van der Waals surface area contributed by atoms with Crippen molar-refractivity contribution >= 4 is 27.8 Å². The summed E-state index contributed by atoms with van der Waals surface area (Å²) in [6.45, 7) is 1.51. The largest absolute Gasteiger partial charge is 0.449 e. The van der Waals surface area contributed by atoms with Crippen molar-refractivity contribution < 1.29 is 14.3 Å². The molecule has 1 atom stereocenters. The Kier molecular flexibility index (Phi) is 5.78.